The molecule has 1 aromatic heterocycles. The van der Waals surface area contributed by atoms with Gasteiger partial charge in [-0.25, -0.2) is 0 Å². The molecule has 3 nitrogen and oxygen atoms in total. The number of hydrogen-bond donors (Lipinski definition) is 0. The third kappa shape index (κ3) is 3.09. The van der Waals surface area contributed by atoms with Gasteiger partial charge in [-0.2, -0.15) is 0 Å². The summed E-state index contributed by atoms with van der Waals surface area (Å²) in [5.74, 6) is 0. The number of benzene rings is 1. The number of nitrogens with zero attached hydrogens (tertiary/aromatic N) is 3. The second kappa shape index (κ2) is 5.87. The molecule has 0 fully saturated rings. The average molecular weight is 247 g/mol. The Labute approximate surface area is 106 Å². The SMILES string of the molecule is CCC[C@@H](C)Sc1nncn1-c1ccccc1. The van der Waals surface area contributed by atoms with Gasteiger partial charge in [-0.05, 0) is 18.6 Å². The summed E-state index contributed by atoms with van der Waals surface area (Å²) in [6, 6.07) is 10.2. The molecule has 1 atom stereocenters. The van der Waals surface area contributed by atoms with Crippen LogP contribution in [-0.4, -0.2) is 20.0 Å². The molecular formula is C13H17N3S. The Kier molecular flexibility index (Phi) is 4.20. The van der Waals surface area contributed by atoms with E-state index in [2.05, 4.69) is 36.2 Å². The highest BCUT2D eigenvalue weighted by atomic mass is 32.2. The molecule has 0 amide bonds. The second-order valence-corrected chi connectivity index (χ2v) is 5.44. The summed E-state index contributed by atoms with van der Waals surface area (Å²) in [5.41, 5.74) is 1.11. The van der Waals surface area contributed by atoms with E-state index in [9.17, 15) is 0 Å². The van der Waals surface area contributed by atoms with Crippen molar-refractivity contribution in [2.24, 2.45) is 0 Å². The lowest BCUT2D eigenvalue weighted by molar-refractivity contribution is 0.777. The molecule has 0 spiro atoms. The number of hydrogen-bond acceptors (Lipinski definition) is 3. The minimum atomic E-state index is 0.576. The van der Waals surface area contributed by atoms with Gasteiger partial charge in [0.15, 0.2) is 5.16 Å². The summed E-state index contributed by atoms with van der Waals surface area (Å²) in [7, 11) is 0. The fraction of sp³-hybridized carbons (Fsp3) is 0.385. The summed E-state index contributed by atoms with van der Waals surface area (Å²) in [4.78, 5) is 0. The summed E-state index contributed by atoms with van der Waals surface area (Å²) in [6.45, 7) is 4.44. The predicted molar refractivity (Wildman–Crippen MR) is 71.6 cm³/mol. The number of rotatable bonds is 5. The van der Waals surface area contributed by atoms with E-state index in [4.69, 9.17) is 0 Å². The van der Waals surface area contributed by atoms with E-state index in [1.165, 1.54) is 12.8 Å². The Morgan fingerprint density at radius 2 is 2.06 bits per heavy atom. The van der Waals surface area contributed by atoms with Crippen molar-refractivity contribution in [3.63, 3.8) is 0 Å². The molecule has 17 heavy (non-hydrogen) atoms. The molecule has 0 aliphatic heterocycles. The van der Waals surface area contributed by atoms with Gasteiger partial charge in [0, 0.05) is 10.9 Å². The average Bonchev–Trinajstić information content (AvgIpc) is 2.78. The zero-order valence-electron chi connectivity index (χ0n) is 10.2. The Morgan fingerprint density at radius 1 is 1.29 bits per heavy atom. The number of aromatic nitrogens is 3. The molecule has 0 aliphatic rings. The van der Waals surface area contributed by atoms with Crippen LogP contribution in [0.15, 0.2) is 41.8 Å². The predicted octanol–water partition coefficient (Wildman–Crippen LogP) is 3.55. The van der Waals surface area contributed by atoms with E-state index in [-0.39, 0.29) is 0 Å². The maximum absolute atomic E-state index is 4.19. The smallest absolute Gasteiger partial charge is 0.195 e. The highest BCUT2D eigenvalue weighted by molar-refractivity contribution is 7.99. The first-order chi connectivity index (χ1) is 8.31. The minimum Gasteiger partial charge on any atom is -0.277 e. The van der Waals surface area contributed by atoms with E-state index >= 15 is 0 Å². The third-order valence-electron chi connectivity index (χ3n) is 2.55. The van der Waals surface area contributed by atoms with Crippen LogP contribution >= 0.6 is 11.8 Å². The molecule has 2 aromatic rings. The van der Waals surface area contributed by atoms with Crippen LogP contribution in [0.25, 0.3) is 5.69 Å². The fourth-order valence-electron chi connectivity index (χ4n) is 1.72. The molecule has 0 saturated carbocycles. The van der Waals surface area contributed by atoms with Gasteiger partial charge in [0.25, 0.3) is 0 Å². The Bertz CT molecular complexity index is 453. The lowest BCUT2D eigenvalue weighted by atomic mass is 10.3. The molecule has 90 valence electrons. The molecule has 4 heteroatoms. The molecular weight excluding hydrogens is 230 g/mol. The van der Waals surface area contributed by atoms with Crippen LogP contribution in [-0.2, 0) is 0 Å². The van der Waals surface area contributed by atoms with Crippen molar-refractivity contribution in [1.29, 1.82) is 0 Å². The number of para-hydroxylation sites is 1. The summed E-state index contributed by atoms with van der Waals surface area (Å²) in [6.07, 6.45) is 4.18. The second-order valence-electron chi connectivity index (χ2n) is 4.04. The largest absolute Gasteiger partial charge is 0.277 e. The molecule has 0 bridgehead atoms. The van der Waals surface area contributed by atoms with E-state index in [0.717, 1.165) is 10.8 Å². The Morgan fingerprint density at radius 3 is 2.76 bits per heavy atom. The molecule has 0 radical (unpaired) electrons. The van der Waals surface area contributed by atoms with Crippen molar-refractivity contribution >= 4 is 11.8 Å². The van der Waals surface area contributed by atoms with Crippen LogP contribution in [0, 0.1) is 0 Å². The quantitative estimate of drug-likeness (QED) is 0.757. The first-order valence-electron chi connectivity index (χ1n) is 5.93. The van der Waals surface area contributed by atoms with Gasteiger partial charge >= 0.3 is 0 Å². The summed E-state index contributed by atoms with van der Waals surface area (Å²) < 4.78 is 2.04. The normalized spacial score (nSPS) is 12.6. The van der Waals surface area contributed by atoms with Crippen LogP contribution in [0.2, 0.25) is 0 Å². The van der Waals surface area contributed by atoms with Crippen molar-refractivity contribution in [3.8, 4) is 5.69 Å². The first kappa shape index (κ1) is 12.2. The van der Waals surface area contributed by atoms with Gasteiger partial charge in [-0.15, -0.1) is 10.2 Å². The molecule has 1 aromatic carbocycles. The first-order valence-corrected chi connectivity index (χ1v) is 6.81. The van der Waals surface area contributed by atoms with Gasteiger partial charge in [-0.3, -0.25) is 4.57 Å². The number of thioether (sulfide) groups is 1. The van der Waals surface area contributed by atoms with Crippen LogP contribution < -0.4 is 0 Å². The molecule has 0 saturated heterocycles. The monoisotopic (exact) mass is 247 g/mol. The maximum Gasteiger partial charge on any atom is 0.195 e. The third-order valence-corrected chi connectivity index (χ3v) is 3.68. The van der Waals surface area contributed by atoms with Crippen molar-refractivity contribution in [1.82, 2.24) is 14.8 Å². The molecule has 2 rings (SSSR count). The zero-order chi connectivity index (χ0) is 12.1. The Hall–Kier alpha value is -1.29. The van der Waals surface area contributed by atoms with E-state index in [1.807, 2.05) is 22.8 Å². The van der Waals surface area contributed by atoms with Crippen LogP contribution in [0.5, 0.6) is 0 Å². The summed E-state index contributed by atoms with van der Waals surface area (Å²) >= 11 is 1.79. The van der Waals surface area contributed by atoms with Crippen molar-refractivity contribution < 1.29 is 0 Å². The van der Waals surface area contributed by atoms with E-state index in [0.29, 0.717) is 5.25 Å². The zero-order valence-corrected chi connectivity index (χ0v) is 11.0. The van der Waals surface area contributed by atoms with Crippen LogP contribution in [0.3, 0.4) is 0 Å². The molecule has 0 unspecified atom stereocenters. The van der Waals surface area contributed by atoms with Gasteiger partial charge in [0.05, 0.1) is 0 Å². The highest BCUT2D eigenvalue weighted by Gasteiger charge is 2.10. The lowest BCUT2D eigenvalue weighted by Gasteiger charge is -2.10. The van der Waals surface area contributed by atoms with Crippen molar-refractivity contribution in [2.75, 3.05) is 0 Å². The molecule has 0 aliphatic carbocycles. The Balaban J connectivity index is 2.18. The van der Waals surface area contributed by atoms with Gasteiger partial charge in [-0.1, -0.05) is 50.2 Å². The van der Waals surface area contributed by atoms with E-state index in [1.54, 1.807) is 18.1 Å². The maximum atomic E-state index is 4.19. The molecule has 0 N–H and O–H groups in total. The topological polar surface area (TPSA) is 30.7 Å². The van der Waals surface area contributed by atoms with Gasteiger partial charge in [0.2, 0.25) is 0 Å². The minimum absolute atomic E-state index is 0.576. The van der Waals surface area contributed by atoms with Crippen molar-refractivity contribution in [2.45, 2.75) is 37.1 Å². The standard InChI is InChI=1S/C13H17N3S/c1-3-7-11(2)17-13-15-14-10-16(13)12-8-5-4-6-9-12/h4-6,8-11H,3,7H2,1-2H3/t11-/m1/s1. The van der Waals surface area contributed by atoms with Gasteiger partial charge in [0.1, 0.15) is 6.33 Å². The van der Waals surface area contributed by atoms with Crippen LogP contribution in [0.1, 0.15) is 26.7 Å². The van der Waals surface area contributed by atoms with Gasteiger partial charge < -0.3 is 0 Å². The molecule has 1 heterocycles. The van der Waals surface area contributed by atoms with Crippen molar-refractivity contribution in [3.05, 3.63) is 36.7 Å². The van der Waals surface area contributed by atoms with E-state index < -0.39 is 0 Å². The lowest BCUT2D eigenvalue weighted by Crippen LogP contribution is -2.00. The van der Waals surface area contributed by atoms with Crippen LogP contribution in [0.4, 0.5) is 0 Å². The fourth-order valence-corrected chi connectivity index (χ4v) is 2.79. The summed E-state index contributed by atoms with van der Waals surface area (Å²) in [5, 5.41) is 9.74. The highest BCUT2D eigenvalue weighted by Crippen LogP contribution is 2.25.